The van der Waals surface area contributed by atoms with E-state index in [1.165, 1.54) is 0 Å². The van der Waals surface area contributed by atoms with Gasteiger partial charge in [-0.15, -0.1) is 0 Å². The standard InChI is InChI=1S/C21H19NO2/c1-3-24-21(23)20-15(2)18(16-10-6-4-7-11-16)14-19(22-20)17-12-8-5-9-13-17/h4-14H,3H2,1-2H3. The van der Waals surface area contributed by atoms with Crippen molar-refractivity contribution in [1.29, 1.82) is 0 Å². The second-order valence-corrected chi connectivity index (χ2v) is 5.48. The van der Waals surface area contributed by atoms with Crippen molar-refractivity contribution in [2.75, 3.05) is 6.61 Å². The molecule has 1 aromatic heterocycles. The van der Waals surface area contributed by atoms with Crippen LogP contribution in [-0.2, 0) is 4.74 Å². The van der Waals surface area contributed by atoms with E-state index in [9.17, 15) is 4.79 Å². The largest absolute Gasteiger partial charge is 0.461 e. The second-order valence-electron chi connectivity index (χ2n) is 5.48. The van der Waals surface area contributed by atoms with Crippen LogP contribution in [0.2, 0.25) is 0 Å². The molecule has 120 valence electrons. The highest BCUT2D eigenvalue weighted by atomic mass is 16.5. The number of ether oxygens (including phenoxy) is 1. The smallest absolute Gasteiger partial charge is 0.357 e. The molecule has 0 bridgehead atoms. The van der Waals surface area contributed by atoms with E-state index < -0.39 is 0 Å². The Balaban J connectivity index is 2.21. The molecule has 24 heavy (non-hydrogen) atoms. The minimum atomic E-state index is -0.384. The van der Waals surface area contributed by atoms with Crippen molar-refractivity contribution in [2.24, 2.45) is 0 Å². The first-order valence-corrected chi connectivity index (χ1v) is 8.00. The number of carbonyl (C=O) groups is 1. The van der Waals surface area contributed by atoms with Gasteiger partial charge in [-0.2, -0.15) is 0 Å². The third-order valence-electron chi connectivity index (χ3n) is 3.90. The molecule has 0 spiro atoms. The molecule has 3 heteroatoms. The molecule has 0 atom stereocenters. The summed E-state index contributed by atoms with van der Waals surface area (Å²) >= 11 is 0. The van der Waals surface area contributed by atoms with Crippen molar-refractivity contribution in [3.63, 3.8) is 0 Å². The van der Waals surface area contributed by atoms with Gasteiger partial charge in [0.05, 0.1) is 12.3 Å². The molecule has 1 heterocycles. The first kappa shape index (κ1) is 15.9. The van der Waals surface area contributed by atoms with Crippen LogP contribution in [0, 0.1) is 6.92 Å². The summed E-state index contributed by atoms with van der Waals surface area (Å²) in [5.74, 6) is -0.384. The fourth-order valence-electron chi connectivity index (χ4n) is 2.68. The summed E-state index contributed by atoms with van der Waals surface area (Å²) in [5, 5.41) is 0. The average molecular weight is 317 g/mol. The van der Waals surface area contributed by atoms with Gasteiger partial charge < -0.3 is 4.74 Å². The van der Waals surface area contributed by atoms with Gasteiger partial charge in [0, 0.05) is 5.56 Å². The van der Waals surface area contributed by atoms with Gasteiger partial charge in [0.2, 0.25) is 0 Å². The van der Waals surface area contributed by atoms with Crippen molar-refractivity contribution in [3.8, 4) is 22.4 Å². The Kier molecular flexibility index (Phi) is 4.71. The van der Waals surface area contributed by atoms with Crippen LogP contribution in [0.5, 0.6) is 0 Å². The monoisotopic (exact) mass is 317 g/mol. The van der Waals surface area contributed by atoms with E-state index in [4.69, 9.17) is 4.74 Å². The van der Waals surface area contributed by atoms with E-state index in [1.54, 1.807) is 6.92 Å². The summed E-state index contributed by atoms with van der Waals surface area (Å²) in [6.07, 6.45) is 0. The molecule has 2 aromatic carbocycles. The van der Waals surface area contributed by atoms with Crippen LogP contribution in [0.4, 0.5) is 0 Å². The number of nitrogens with zero attached hydrogens (tertiary/aromatic N) is 1. The molecule has 3 nitrogen and oxygen atoms in total. The molecule has 0 aliphatic carbocycles. The topological polar surface area (TPSA) is 39.2 Å². The van der Waals surface area contributed by atoms with E-state index in [-0.39, 0.29) is 5.97 Å². The maximum absolute atomic E-state index is 12.3. The molecule has 0 fully saturated rings. The van der Waals surface area contributed by atoms with Gasteiger partial charge in [-0.3, -0.25) is 0 Å². The summed E-state index contributed by atoms with van der Waals surface area (Å²) in [6, 6.07) is 21.9. The molecule has 3 aromatic rings. The summed E-state index contributed by atoms with van der Waals surface area (Å²) in [6.45, 7) is 4.04. The second kappa shape index (κ2) is 7.09. The molecule has 0 saturated heterocycles. The summed E-state index contributed by atoms with van der Waals surface area (Å²) < 4.78 is 5.19. The molecule has 0 amide bonds. The summed E-state index contributed by atoms with van der Waals surface area (Å²) in [7, 11) is 0. The SMILES string of the molecule is CCOC(=O)c1nc(-c2ccccc2)cc(-c2ccccc2)c1C. The Morgan fingerprint density at radius 2 is 1.54 bits per heavy atom. The van der Waals surface area contributed by atoms with Gasteiger partial charge in [0.15, 0.2) is 5.69 Å². The van der Waals surface area contributed by atoms with Crippen LogP contribution in [0.3, 0.4) is 0 Å². The lowest BCUT2D eigenvalue weighted by Gasteiger charge is -2.13. The minimum Gasteiger partial charge on any atom is -0.461 e. The van der Waals surface area contributed by atoms with E-state index in [2.05, 4.69) is 4.98 Å². The first-order valence-electron chi connectivity index (χ1n) is 8.00. The third kappa shape index (κ3) is 3.20. The van der Waals surface area contributed by atoms with E-state index >= 15 is 0 Å². The zero-order valence-electron chi connectivity index (χ0n) is 13.8. The Labute approximate surface area is 142 Å². The third-order valence-corrected chi connectivity index (χ3v) is 3.90. The molecular weight excluding hydrogens is 298 g/mol. The van der Waals surface area contributed by atoms with Crippen LogP contribution in [0.25, 0.3) is 22.4 Å². The van der Waals surface area contributed by atoms with Gasteiger partial charge in [-0.25, -0.2) is 9.78 Å². The van der Waals surface area contributed by atoms with Crippen LogP contribution < -0.4 is 0 Å². The number of benzene rings is 2. The molecule has 0 unspecified atom stereocenters. The van der Waals surface area contributed by atoms with Crippen molar-refractivity contribution >= 4 is 5.97 Å². The van der Waals surface area contributed by atoms with Gasteiger partial charge in [0.1, 0.15) is 0 Å². The number of hydrogen-bond acceptors (Lipinski definition) is 3. The normalized spacial score (nSPS) is 10.4. The zero-order valence-corrected chi connectivity index (χ0v) is 13.8. The van der Waals surface area contributed by atoms with Crippen molar-refractivity contribution < 1.29 is 9.53 Å². The Morgan fingerprint density at radius 3 is 2.12 bits per heavy atom. The first-order chi connectivity index (χ1) is 11.7. The average Bonchev–Trinajstić information content (AvgIpc) is 2.63. The maximum atomic E-state index is 12.3. The van der Waals surface area contributed by atoms with Gasteiger partial charge in [0.25, 0.3) is 0 Å². The van der Waals surface area contributed by atoms with Gasteiger partial charge >= 0.3 is 5.97 Å². The van der Waals surface area contributed by atoms with Gasteiger partial charge in [-0.05, 0) is 36.6 Å². The van der Waals surface area contributed by atoms with Crippen LogP contribution >= 0.6 is 0 Å². The van der Waals surface area contributed by atoms with Crippen molar-refractivity contribution in [2.45, 2.75) is 13.8 Å². The molecule has 3 rings (SSSR count). The highest BCUT2D eigenvalue weighted by molar-refractivity contribution is 5.92. The Morgan fingerprint density at radius 1 is 0.958 bits per heavy atom. The van der Waals surface area contributed by atoms with Crippen LogP contribution in [-0.4, -0.2) is 17.6 Å². The van der Waals surface area contributed by atoms with E-state index in [0.29, 0.717) is 12.3 Å². The number of pyridine rings is 1. The number of hydrogen-bond donors (Lipinski definition) is 0. The predicted octanol–water partition coefficient (Wildman–Crippen LogP) is 4.90. The predicted molar refractivity (Wildman–Crippen MR) is 95.8 cm³/mol. The lowest BCUT2D eigenvalue weighted by Crippen LogP contribution is -2.11. The lowest BCUT2D eigenvalue weighted by atomic mass is 9.97. The Bertz CT molecular complexity index is 842. The Hall–Kier alpha value is -2.94. The highest BCUT2D eigenvalue weighted by Gasteiger charge is 2.18. The fourth-order valence-corrected chi connectivity index (χ4v) is 2.68. The summed E-state index contributed by atoms with van der Waals surface area (Å²) in [5.41, 5.74) is 4.99. The number of esters is 1. The molecule has 0 aliphatic heterocycles. The highest BCUT2D eigenvalue weighted by Crippen LogP contribution is 2.30. The fraction of sp³-hybridized carbons (Fsp3) is 0.143. The lowest BCUT2D eigenvalue weighted by molar-refractivity contribution is 0.0519. The number of carbonyl (C=O) groups excluding carboxylic acids is 1. The number of rotatable bonds is 4. The van der Waals surface area contributed by atoms with Crippen LogP contribution in [0.1, 0.15) is 23.0 Å². The van der Waals surface area contributed by atoms with Crippen LogP contribution in [0.15, 0.2) is 66.7 Å². The quantitative estimate of drug-likeness (QED) is 0.642. The molecule has 0 saturated carbocycles. The maximum Gasteiger partial charge on any atom is 0.357 e. The summed E-state index contributed by atoms with van der Waals surface area (Å²) in [4.78, 5) is 16.9. The van der Waals surface area contributed by atoms with Crippen molar-refractivity contribution in [3.05, 3.63) is 78.0 Å². The number of aromatic nitrogens is 1. The molecule has 0 radical (unpaired) electrons. The van der Waals surface area contributed by atoms with E-state index in [1.807, 2.05) is 73.7 Å². The molecule has 0 aliphatic rings. The molecule has 0 N–H and O–H groups in total. The molecular formula is C21H19NO2. The van der Waals surface area contributed by atoms with Gasteiger partial charge in [-0.1, -0.05) is 60.7 Å². The minimum absolute atomic E-state index is 0.330. The van der Waals surface area contributed by atoms with E-state index in [0.717, 1.165) is 27.9 Å². The zero-order chi connectivity index (χ0) is 16.9. The van der Waals surface area contributed by atoms with Crippen molar-refractivity contribution in [1.82, 2.24) is 4.98 Å².